The van der Waals surface area contributed by atoms with Crippen molar-refractivity contribution >= 4 is 23.8 Å². The molecule has 1 aliphatic rings. The number of aliphatic carboxylic acids is 1. The third-order valence-corrected chi connectivity index (χ3v) is 3.62. The van der Waals surface area contributed by atoms with Crippen LogP contribution in [0.15, 0.2) is 24.3 Å². The number of carboxylic acids is 1. The van der Waals surface area contributed by atoms with Gasteiger partial charge in [0.2, 0.25) is 0 Å². The second kappa shape index (κ2) is 6.92. The van der Waals surface area contributed by atoms with Crippen LogP contribution in [-0.4, -0.2) is 23.1 Å². The molecule has 0 unspecified atom stereocenters. The molecule has 2 amide bonds. The molecule has 1 aromatic rings. The Hall–Kier alpha value is -2.30. The first kappa shape index (κ1) is 15.1. The van der Waals surface area contributed by atoms with Crippen molar-refractivity contribution in [2.24, 2.45) is 0 Å². The molecule has 3 N–H and O–H groups in total. The zero-order valence-corrected chi connectivity index (χ0v) is 12.1. The van der Waals surface area contributed by atoms with Crippen LogP contribution in [0, 0.1) is 0 Å². The van der Waals surface area contributed by atoms with Gasteiger partial charge < -0.3 is 15.7 Å². The Morgan fingerprint density at radius 3 is 2.71 bits per heavy atom. The van der Waals surface area contributed by atoms with Crippen molar-refractivity contribution in [3.63, 3.8) is 0 Å². The smallest absolute Gasteiger partial charge is 0.328 e. The van der Waals surface area contributed by atoms with Crippen molar-refractivity contribution in [1.29, 1.82) is 0 Å². The maximum absolute atomic E-state index is 11.9. The zero-order valence-electron chi connectivity index (χ0n) is 12.1. The molecule has 0 radical (unpaired) electrons. The first-order valence-corrected chi connectivity index (χ1v) is 7.20. The Balaban J connectivity index is 2.04. The molecule has 1 saturated carbocycles. The van der Waals surface area contributed by atoms with Gasteiger partial charge in [0.25, 0.3) is 0 Å². The Bertz CT molecular complexity index is 563. The summed E-state index contributed by atoms with van der Waals surface area (Å²) < 4.78 is 0. The van der Waals surface area contributed by atoms with E-state index in [0.29, 0.717) is 6.04 Å². The highest BCUT2D eigenvalue weighted by molar-refractivity contribution is 5.91. The fourth-order valence-corrected chi connectivity index (χ4v) is 2.20. The van der Waals surface area contributed by atoms with Crippen LogP contribution in [0.4, 0.5) is 10.5 Å². The minimum atomic E-state index is -0.977. The van der Waals surface area contributed by atoms with Gasteiger partial charge in [-0.1, -0.05) is 13.0 Å². The van der Waals surface area contributed by atoms with E-state index in [1.807, 2.05) is 13.0 Å². The predicted molar refractivity (Wildman–Crippen MR) is 82.3 cm³/mol. The van der Waals surface area contributed by atoms with Crippen LogP contribution in [-0.2, 0) is 11.2 Å². The second-order valence-corrected chi connectivity index (χ2v) is 5.17. The lowest BCUT2D eigenvalue weighted by Crippen LogP contribution is -2.41. The Morgan fingerprint density at radius 2 is 2.14 bits per heavy atom. The molecule has 0 aromatic heterocycles. The molecule has 5 heteroatoms. The number of carbonyl (C=O) groups excluding carboxylic acids is 1. The maximum atomic E-state index is 11.9. The SMILES string of the molecule is CCc1cc(/C=C/C(=O)O)ccc1NC(=O)NC1CCC1. The summed E-state index contributed by atoms with van der Waals surface area (Å²) in [7, 11) is 0. The van der Waals surface area contributed by atoms with Gasteiger partial charge in [0.05, 0.1) is 0 Å². The van der Waals surface area contributed by atoms with E-state index >= 15 is 0 Å². The molecule has 0 aliphatic heterocycles. The summed E-state index contributed by atoms with van der Waals surface area (Å²) in [6, 6.07) is 5.60. The van der Waals surface area contributed by atoms with E-state index in [9.17, 15) is 9.59 Å². The number of amides is 2. The number of carbonyl (C=O) groups is 2. The summed E-state index contributed by atoms with van der Waals surface area (Å²) in [5, 5.41) is 14.4. The summed E-state index contributed by atoms with van der Waals surface area (Å²) in [6.07, 6.45) is 6.67. The van der Waals surface area contributed by atoms with Crippen LogP contribution in [0.25, 0.3) is 6.08 Å². The van der Waals surface area contributed by atoms with Crippen molar-refractivity contribution in [2.45, 2.75) is 38.6 Å². The van der Waals surface area contributed by atoms with Gasteiger partial charge in [-0.05, 0) is 55.0 Å². The average Bonchev–Trinajstić information content (AvgIpc) is 2.41. The van der Waals surface area contributed by atoms with E-state index in [0.717, 1.165) is 42.2 Å². The van der Waals surface area contributed by atoms with Gasteiger partial charge in [-0.25, -0.2) is 9.59 Å². The van der Waals surface area contributed by atoms with Gasteiger partial charge in [0, 0.05) is 17.8 Å². The highest BCUT2D eigenvalue weighted by Gasteiger charge is 2.19. The molecule has 1 aromatic carbocycles. The Labute approximate surface area is 124 Å². The first-order valence-electron chi connectivity index (χ1n) is 7.20. The lowest BCUT2D eigenvalue weighted by Gasteiger charge is -2.26. The van der Waals surface area contributed by atoms with Crippen LogP contribution in [0.1, 0.15) is 37.3 Å². The average molecular weight is 288 g/mol. The van der Waals surface area contributed by atoms with Crippen LogP contribution < -0.4 is 10.6 Å². The number of hydrogen-bond acceptors (Lipinski definition) is 2. The summed E-state index contributed by atoms with van der Waals surface area (Å²) in [6.45, 7) is 2.00. The lowest BCUT2D eigenvalue weighted by molar-refractivity contribution is -0.131. The normalized spacial score (nSPS) is 14.7. The third kappa shape index (κ3) is 4.34. The summed E-state index contributed by atoms with van der Waals surface area (Å²) in [5.41, 5.74) is 2.55. The summed E-state index contributed by atoms with van der Waals surface area (Å²) in [4.78, 5) is 22.4. The second-order valence-electron chi connectivity index (χ2n) is 5.17. The van der Waals surface area contributed by atoms with Gasteiger partial charge in [-0.15, -0.1) is 0 Å². The molecular weight excluding hydrogens is 268 g/mol. The highest BCUT2D eigenvalue weighted by Crippen LogP contribution is 2.21. The quantitative estimate of drug-likeness (QED) is 0.729. The van der Waals surface area contributed by atoms with Crippen molar-refractivity contribution in [3.05, 3.63) is 35.4 Å². The van der Waals surface area contributed by atoms with Crippen molar-refractivity contribution in [3.8, 4) is 0 Å². The standard InChI is InChI=1S/C16H20N2O3/c1-2-12-10-11(7-9-15(19)20)6-8-14(12)18-16(21)17-13-4-3-5-13/h6-10,13H,2-5H2,1H3,(H,19,20)(H2,17,18,21)/b9-7+. The minimum Gasteiger partial charge on any atom is -0.478 e. The van der Waals surface area contributed by atoms with Gasteiger partial charge in [-0.2, -0.15) is 0 Å². The topological polar surface area (TPSA) is 78.4 Å². The Morgan fingerprint density at radius 1 is 1.38 bits per heavy atom. The number of hydrogen-bond donors (Lipinski definition) is 3. The van der Waals surface area contributed by atoms with E-state index in [-0.39, 0.29) is 6.03 Å². The van der Waals surface area contributed by atoms with E-state index in [1.54, 1.807) is 18.2 Å². The van der Waals surface area contributed by atoms with Crippen LogP contribution >= 0.6 is 0 Å². The molecule has 5 nitrogen and oxygen atoms in total. The van der Waals surface area contributed by atoms with Gasteiger partial charge >= 0.3 is 12.0 Å². The lowest BCUT2D eigenvalue weighted by atomic mass is 9.93. The number of rotatable bonds is 5. The highest BCUT2D eigenvalue weighted by atomic mass is 16.4. The van der Waals surface area contributed by atoms with Crippen molar-refractivity contribution in [1.82, 2.24) is 5.32 Å². The van der Waals surface area contributed by atoms with Crippen molar-refractivity contribution < 1.29 is 14.7 Å². The molecule has 0 heterocycles. The molecule has 112 valence electrons. The van der Waals surface area contributed by atoms with Gasteiger partial charge in [-0.3, -0.25) is 0 Å². The largest absolute Gasteiger partial charge is 0.478 e. The van der Waals surface area contributed by atoms with Crippen LogP contribution in [0.2, 0.25) is 0 Å². The number of aryl methyl sites for hydroxylation is 1. The van der Waals surface area contributed by atoms with E-state index in [4.69, 9.17) is 5.11 Å². The Kier molecular flexibility index (Phi) is 4.98. The predicted octanol–water partition coefficient (Wildman–Crippen LogP) is 3.02. The zero-order chi connectivity index (χ0) is 15.2. The number of urea groups is 1. The first-order chi connectivity index (χ1) is 10.1. The summed E-state index contributed by atoms with van der Waals surface area (Å²) in [5.74, 6) is -0.977. The molecular formula is C16H20N2O3. The van der Waals surface area contributed by atoms with E-state index < -0.39 is 5.97 Å². The fraction of sp³-hybridized carbons (Fsp3) is 0.375. The molecule has 0 spiro atoms. The van der Waals surface area contributed by atoms with Gasteiger partial charge in [0.1, 0.15) is 0 Å². The third-order valence-electron chi connectivity index (χ3n) is 3.62. The van der Waals surface area contributed by atoms with E-state index in [2.05, 4.69) is 10.6 Å². The summed E-state index contributed by atoms with van der Waals surface area (Å²) >= 11 is 0. The monoisotopic (exact) mass is 288 g/mol. The van der Waals surface area contributed by atoms with Gasteiger partial charge in [0.15, 0.2) is 0 Å². The fourth-order valence-electron chi connectivity index (χ4n) is 2.20. The molecule has 1 fully saturated rings. The minimum absolute atomic E-state index is 0.178. The number of carboxylic acid groups (broad SMARTS) is 1. The number of nitrogens with one attached hydrogen (secondary N) is 2. The molecule has 21 heavy (non-hydrogen) atoms. The number of benzene rings is 1. The maximum Gasteiger partial charge on any atom is 0.328 e. The molecule has 0 saturated heterocycles. The molecule has 1 aliphatic carbocycles. The molecule has 0 atom stereocenters. The molecule has 2 rings (SSSR count). The van der Waals surface area contributed by atoms with Crippen molar-refractivity contribution in [2.75, 3.05) is 5.32 Å². The van der Waals surface area contributed by atoms with Crippen LogP contribution in [0.3, 0.4) is 0 Å². The number of anilines is 1. The van der Waals surface area contributed by atoms with E-state index in [1.165, 1.54) is 6.42 Å². The molecule has 0 bridgehead atoms. The van der Waals surface area contributed by atoms with Crippen LogP contribution in [0.5, 0.6) is 0 Å².